The lowest BCUT2D eigenvalue weighted by Crippen LogP contribution is -2.09. The molecule has 0 saturated heterocycles. The molecule has 0 radical (unpaired) electrons. The first-order valence-corrected chi connectivity index (χ1v) is 1.95. The van der Waals surface area contributed by atoms with Crippen LogP contribution in [0.15, 0.2) is 12.2 Å². The molecule has 0 aliphatic carbocycles. The van der Waals surface area contributed by atoms with E-state index >= 15 is 0 Å². The zero-order valence-electron chi connectivity index (χ0n) is 4.03. The number of carbonyl (C=O) groups excluding carboxylic acids is 1. The molecule has 8 heavy (non-hydrogen) atoms. The van der Waals surface area contributed by atoms with E-state index < -0.39 is 6.08 Å². The number of hydrogen-bond donors (Lipinski definition) is 1. The van der Waals surface area contributed by atoms with E-state index in [9.17, 15) is 13.6 Å². The predicted octanol–water partition coefficient (Wildman–Crippen LogP) is 0.513. The topological polar surface area (TPSA) is 29.1 Å². The minimum atomic E-state index is -1.78. The van der Waals surface area contributed by atoms with E-state index in [2.05, 4.69) is 0 Å². The Hall–Kier alpha value is -0.930. The first kappa shape index (κ1) is 7.07. The van der Waals surface area contributed by atoms with Gasteiger partial charge in [-0.1, -0.05) is 0 Å². The van der Waals surface area contributed by atoms with Gasteiger partial charge in [0.25, 0.3) is 6.08 Å². The summed E-state index contributed by atoms with van der Waals surface area (Å²) < 4.78 is 22.1. The van der Waals surface area contributed by atoms with Gasteiger partial charge < -0.3 is 5.32 Å². The molecule has 0 aromatic heterocycles. The summed E-state index contributed by atoms with van der Waals surface area (Å²) in [5.74, 6) is 0. The lowest BCUT2D eigenvalue weighted by Gasteiger charge is -1.84. The Morgan fingerprint density at radius 1 is 1.62 bits per heavy atom. The standard InChI is InChI=1S/C4H5F2NO/c5-4(6)1-2-7-3-8/h1,3H,2H2,(H,7,8). The molecule has 0 aliphatic rings. The summed E-state index contributed by atoms with van der Waals surface area (Å²) in [6, 6.07) is 0. The number of rotatable bonds is 3. The Morgan fingerprint density at radius 2 is 2.25 bits per heavy atom. The highest BCUT2D eigenvalue weighted by Gasteiger charge is 1.83. The average molecular weight is 121 g/mol. The molecule has 0 aliphatic heterocycles. The molecule has 0 heterocycles. The fraction of sp³-hybridized carbons (Fsp3) is 0.250. The Morgan fingerprint density at radius 3 is 2.62 bits per heavy atom. The van der Waals surface area contributed by atoms with E-state index in [0.29, 0.717) is 12.5 Å². The predicted molar refractivity (Wildman–Crippen MR) is 24.4 cm³/mol. The summed E-state index contributed by atoms with van der Waals surface area (Å²) in [5, 5.41) is 2.04. The lowest BCUT2D eigenvalue weighted by molar-refractivity contribution is -0.109. The largest absolute Gasteiger partial charge is 0.355 e. The van der Waals surface area contributed by atoms with Crippen LogP contribution in [-0.2, 0) is 4.79 Å². The van der Waals surface area contributed by atoms with Gasteiger partial charge in [-0.25, -0.2) is 0 Å². The molecular weight excluding hydrogens is 116 g/mol. The van der Waals surface area contributed by atoms with Crippen molar-refractivity contribution in [3.8, 4) is 0 Å². The molecule has 0 saturated carbocycles. The van der Waals surface area contributed by atoms with E-state index in [1.807, 2.05) is 5.32 Å². The van der Waals surface area contributed by atoms with E-state index in [1.165, 1.54) is 0 Å². The van der Waals surface area contributed by atoms with Crippen LogP contribution in [0.3, 0.4) is 0 Å². The Balaban J connectivity index is 3.15. The molecule has 0 fully saturated rings. The smallest absolute Gasteiger partial charge is 0.268 e. The third-order valence-corrected chi connectivity index (χ3v) is 0.458. The number of carbonyl (C=O) groups is 1. The first-order valence-electron chi connectivity index (χ1n) is 1.95. The molecule has 0 spiro atoms. The summed E-state index contributed by atoms with van der Waals surface area (Å²) in [6.45, 7) is -0.105. The monoisotopic (exact) mass is 121 g/mol. The van der Waals surface area contributed by atoms with E-state index in [0.717, 1.165) is 0 Å². The van der Waals surface area contributed by atoms with Crippen molar-refractivity contribution in [1.82, 2.24) is 5.32 Å². The van der Waals surface area contributed by atoms with E-state index in [-0.39, 0.29) is 6.54 Å². The quantitative estimate of drug-likeness (QED) is 0.428. The highest BCUT2D eigenvalue weighted by Crippen LogP contribution is 1.92. The second-order valence-corrected chi connectivity index (χ2v) is 1.02. The van der Waals surface area contributed by atoms with Crippen LogP contribution in [0.4, 0.5) is 8.78 Å². The SMILES string of the molecule is O=CNCC=C(F)F. The fourth-order valence-electron chi connectivity index (χ4n) is 0.184. The molecule has 0 aromatic rings. The number of halogens is 2. The minimum absolute atomic E-state index is 0.105. The van der Waals surface area contributed by atoms with E-state index in [1.54, 1.807) is 0 Å². The zero-order chi connectivity index (χ0) is 6.41. The van der Waals surface area contributed by atoms with Crippen LogP contribution in [-0.4, -0.2) is 13.0 Å². The maximum absolute atomic E-state index is 11.1. The van der Waals surface area contributed by atoms with Gasteiger partial charge in [0.1, 0.15) is 0 Å². The Labute approximate surface area is 45.2 Å². The molecule has 4 heteroatoms. The molecule has 0 rings (SSSR count). The second-order valence-electron chi connectivity index (χ2n) is 1.02. The molecule has 0 bridgehead atoms. The summed E-state index contributed by atoms with van der Waals surface area (Å²) in [5.41, 5.74) is 0. The highest BCUT2D eigenvalue weighted by molar-refractivity contribution is 5.46. The van der Waals surface area contributed by atoms with Crippen molar-refractivity contribution in [3.05, 3.63) is 12.2 Å². The maximum Gasteiger partial charge on any atom is 0.268 e. The van der Waals surface area contributed by atoms with Crippen molar-refractivity contribution in [2.45, 2.75) is 0 Å². The van der Waals surface area contributed by atoms with Crippen molar-refractivity contribution < 1.29 is 13.6 Å². The minimum Gasteiger partial charge on any atom is -0.355 e. The zero-order valence-corrected chi connectivity index (χ0v) is 4.03. The maximum atomic E-state index is 11.1. The summed E-state index contributed by atoms with van der Waals surface area (Å²) in [7, 11) is 0. The Kier molecular flexibility index (Phi) is 3.74. The molecule has 0 aromatic carbocycles. The van der Waals surface area contributed by atoms with Crippen LogP contribution >= 0.6 is 0 Å². The lowest BCUT2D eigenvalue weighted by atomic mass is 10.6. The van der Waals surface area contributed by atoms with Gasteiger partial charge in [-0.3, -0.25) is 4.79 Å². The van der Waals surface area contributed by atoms with Gasteiger partial charge in [0, 0.05) is 12.6 Å². The van der Waals surface area contributed by atoms with Crippen LogP contribution in [0.25, 0.3) is 0 Å². The van der Waals surface area contributed by atoms with Crippen LogP contribution in [0.2, 0.25) is 0 Å². The average Bonchev–Trinajstić information content (AvgIpc) is 1.66. The first-order chi connectivity index (χ1) is 3.77. The highest BCUT2D eigenvalue weighted by atomic mass is 19.3. The van der Waals surface area contributed by atoms with Crippen molar-refractivity contribution >= 4 is 6.41 Å². The number of nitrogens with one attached hydrogen (secondary N) is 1. The van der Waals surface area contributed by atoms with Crippen LogP contribution in [0.5, 0.6) is 0 Å². The van der Waals surface area contributed by atoms with Gasteiger partial charge in [0.2, 0.25) is 6.41 Å². The van der Waals surface area contributed by atoms with Crippen molar-refractivity contribution in [2.24, 2.45) is 0 Å². The van der Waals surface area contributed by atoms with Crippen LogP contribution in [0.1, 0.15) is 0 Å². The normalized spacial score (nSPS) is 7.75. The molecular formula is C4H5F2NO. The van der Waals surface area contributed by atoms with E-state index in [4.69, 9.17) is 0 Å². The number of hydrogen-bond acceptors (Lipinski definition) is 1. The summed E-state index contributed by atoms with van der Waals surface area (Å²) in [4.78, 5) is 9.40. The summed E-state index contributed by atoms with van der Waals surface area (Å²) >= 11 is 0. The van der Waals surface area contributed by atoms with Gasteiger partial charge in [0.15, 0.2) is 0 Å². The van der Waals surface area contributed by atoms with Gasteiger partial charge in [0.05, 0.1) is 0 Å². The summed E-state index contributed by atoms with van der Waals surface area (Å²) in [6.07, 6.45) is -0.798. The van der Waals surface area contributed by atoms with Crippen LogP contribution < -0.4 is 5.32 Å². The van der Waals surface area contributed by atoms with Crippen molar-refractivity contribution in [1.29, 1.82) is 0 Å². The Bertz CT molecular complexity index is 98.2. The van der Waals surface area contributed by atoms with Gasteiger partial charge in [-0.15, -0.1) is 0 Å². The molecule has 1 N–H and O–H groups in total. The third-order valence-electron chi connectivity index (χ3n) is 0.458. The number of amides is 1. The van der Waals surface area contributed by atoms with Gasteiger partial charge in [-0.2, -0.15) is 8.78 Å². The second kappa shape index (κ2) is 4.23. The molecule has 46 valence electrons. The fourth-order valence-corrected chi connectivity index (χ4v) is 0.184. The van der Waals surface area contributed by atoms with Crippen molar-refractivity contribution in [3.63, 3.8) is 0 Å². The van der Waals surface area contributed by atoms with Gasteiger partial charge >= 0.3 is 0 Å². The van der Waals surface area contributed by atoms with Gasteiger partial charge in [-0.05, 0) is 0 Å². The molecule has 0 atom stereocenters. The molecule has 1 amide bonds. The van der Waals surface area contributed by atoms with Crippen LogP contribution in [0, 0.1) is 0 Å². The molecule has 2 nitrogen and oxygen atoms in total. The van der Waals surface area contributed by atoms with Crippen molar-refractivity contribution in [2.75, 3.05) is 6.54 Å². The third kappa shape index (κ3) is 5.07. The molecule has 0 unspecified atom stereocenters.